The number of carbonyl (C=O) groups excluding carboxylic acids is 1. The van der Waals surface area contributed by atoms with Crippen molar-refractivity contribution in [3.8, 4) is 0 Å². The van der Waals surface area contributed by atoms with Crippen LogP contribution >= 0.6 is 0 Å². The summed E-state index contributed by atoms with van der Waals surface area (Å²) in [6, 6.07) is 0. The third kappa shape index (κ3) is 3.62. The Morgan fingerprint density at radius 3 is 2.00 bits per heavy atom. The van der Waals surface area contributed by atoms with Gasteiger partial charge in [-0.15, -0.1) is 0 Å². The highest BCUT2D eigenvalue weighted by Gasteiger charge is 2.10. The largest absolute Gasteiger partial charge is 0.381 e. The fourth-order valence-electron chi connectivity index (χ4n) is 1.30. The van der Waals surface area contributed by atoms with Crippen molar-refractivity contribution in [1.82, 2.24) is 0 Å². The van der Waals surface area contributed by atoms with E-state index >= 15 is 0 Å². The summed E-state index contributed by atoms with van der Waals surface area (Å²) in [7, 11) is 1.82. The average Bonchev–Trinajstić information content (AvgIpc) is 2.10. The Kier molecular flexibility index (Phi) is 6.50. The summed E-state index contributed by atoms with van der Waals surface area (Å²) in [6.45, 7) is 2.00. The summed E-state index contributed by atoms with van der Waals surface area (Å²) in [6.07, 6.45) is 7.33. The molecule has 0 unspecified atom stereocenters. The Morgan fingerprint density at radius 1 is 1.20 bits per heavy atom. The predicted molar refractivity (Wildman–Crippen MR) is 41.0 cm³/mol. The van der Waals surface area contributed by atoms with Crippen molar-refractivity contribution in [3.63, 3.8) is 0 Å². The van der Waals surface area contributed by atoms with Crippen LogP contribution in [0.15, 0.2) is 0 Å². The first-order valence-electron chi connectivity index (χ1n) is 3.75. The lowest BCUT2D eigenvalue weighted by molar-refractivity contribution is -0.0979. The molecule has 0 aromatic rings. The van der Waals surface area contributed by atoms with Gasteiger partial charge in [0.15, 0.2) is 0 Å². The van der Waals surface area contributed by atoms with Crippen LogP contribution in [0.5, 0.6) is 0 Å². The van der Waals surface area contributed by atoms with Gasteiger partial charge in [0.05, 0.1) is 6.10 Å². The molecule has 2 heteroatoms. The normalized spacial score (nSPS) is 19.3. The summed E-state index contributed by atoms with van der Waals surface area (Å²) in [5.74, 6) is 0. The maximum atomic E-state index is 8.00. The number of carbonyl (C=O) groups is 1. The standard InChI is InChI=1S/C7H14O.CH2O/c1-8-7-5-3-2-4-6-7;1-2/h7H,2-6H2,1H3;1H2. The topological polar surface area (TPSA) is 26.3 Å². The molecule has 0 atom stereocenters. The molecule has 0 heterocycles. The molecule has 0 aromatic heterocycles. The lowest BCUT2D eigenvalue weighted by Gasteiger charge is -2.19. The molecule has 60 valence electrons. The molecule has 1 aliphatic rings. The highest BCUT2D eigenvalue weighted by atomic mass is 16.5. The van der Waals surface area contributed by atoms with E-state index in [0.717, 1.165) is 0 Å². The monoisotopic (exact) mass is 144 g/mol. The molecular weight excluding hydrogens is 128 g/mol. The van der Waals surface area contributed by atoms with Gasteiger partial charge in [0, 0.05) is 7.11 Å². The zero-order valence-corrected chi connectivity index (χ0v) is 6.64. The predicted octanol–water partition coefficient (Wildman–Crippen LogP) is 1.78. The summed E-state index contributed by atoms with van der Waals surface area (Å²) in [5.41, 5.74) is 0. The van der Waals surface area contributed by atoms with Crippen LogP contribution in [0.25, 0.3) is 0 Å². The van der Waals surface area contributed by atoms with E-state index in [9.17, 15) is 0 Å². The van der Waals surface area contributed by atoms with E-state index < -0.39 is 0 Å². The van der Waals surface area contributed by atoms with Crippen molar-refractivity contribution in [3.05, 3.63) is 0 Å². The van der Waals surface area contributed by atoms with Gasteiger partial charge in [-0.2, -0.15) is 0 Å². The summed E-state index contributed by atoms with van der Waals surface area (Å²) in [5, 5.41) is 0. The van der Waals surface area contributed by atoms with E-state index in [-0.39, 0.29) is 0 Å². The van der Waals surface area contributed by atoms with Crippen molar-refractivity contribution in [2.75, 3.05) is 7.11 Å². The van der Waals surface area contributed by atoms with Gasteiger partial charge in [0.1, 0.15) is 6.79 Å². The van der Waals surface area contributed by atoms with E-state index in [4.69, 9.17) is 9.53 Å². The molecule has 0 aliphatic heterocycles. The van der Waals surface area contributed by atoms with E-state index in [1.165, 1.54) is 32.1 Å². The molecular formula is C8H16O2. The van der Waals surface area contributed by atoms with Crippen LogP contribution in [0.4, 0.5) is 0 Å². The minimum absolute atomic E-state index is 0.587. The van der Waals surface area contributed by atoms with Crippen molar-refractivity contribution < 1.29 is 9.53 Å². The van der Waals surface area contributed by atoms with Gasteiger partial charge in [0.25, 0.3) is 0 Å². The third-order valence-corrected chi connectivity index (χ3v) is 1.89. The van der Waals surface area contributed by atoms with Gasteiger partial charge >= 0.3 is 0 Å². The quantitative estimate of drug-likeness (QED) is 0.560. The Balaban J connectivity index is 0.000000371. The van der Waals surface area contributed by atoms with Gasteiger partial charge in [-0.05, 0) is 12.8 Å². The maximum Gasteiger partial charge on any atom is 0.106 e. The van der Waals surface area contributed by atoms with Crippen LogP contribution in [0.2, 0.25) is 0 Å². The van der Waals surface area contributed by atoms with Crippen LogP contribution in [0.3, 0.4) is 0 Å². The van der Waals surface area contributed by atoms with E-state index in [1.54, 1.807) is 0 Å². The molecule has 1 fully saturated rings. The fraction of sp³-hybridized carbons (Fsp3) is 0.875. The van der Waals surface area contributed by atoms with Crippen LogP contribution in [0.1, 0.15) is 32.1 Å². The molecule has 0 saturated heterocycles. The molecule has 10 heavy (non-hydrogen) atoms. The highest BCUT2D eigenvalue weighted by molar-refractivity contribution is 5.10. The SMILES string of the molecule is C=O.COC1CCCCC1. The Bertz CT molecular complexity index is 67.7. The van der Waals surface area contributed by atoms with Gasteiger partial charge in [-0.1, -0.05) is 19.3 Å². The van der Waals surface area contributed by atoms with E-state index in [1.807, 2.05) is 13.9 Å². The van der Waals surface area contributed by atoms with Gasteiger partial charge in [0.2, 0.25) is 0 Å². The number of methoxy groups -OCH3 is 1. The van der Waals surface area contributed by atoms with Crippen LogP contribution in [0, 0.1) is 0 Å². The third-order valence-electron chi connectivity index (χ3n) is 1.89. The zero-order chi connectivity index (χ0) is 7.82. The van der Waals surface area contributed by atoms with Crippen molar-refractivity contribution in [2.45, 2.75) is 38.2 Å². The highest BCUT2D eigenvalue weighted by Crippen LogP contribution is 2.18. The number of rotatable bonds is 1. The van der Waals surface area contributed by atoms with Gasteiger partial charge in [-0.25, -0.2) is 0 Å². The first-order chi connectivity index (χ1) is 4.93. The summed E-state index contributed by atoms with van der Waals surface area (Å²) >= 11 is 0. The van der Waals surface area contributed by atoms with Crippen LogP contribution in [-0.4, -0.2) is 20.0 Å². The minimum Gasteiger partial charge on any atom is -0.381 e. The Labute approximate surface area is 62.6 Å². The zero-order valence-electron chi connectivity index (χ0n) is 6.64. The molecule has 1 aliphatic carbocycles. The average molecular weight is 144 g/mol. The molecule has 0 aromatic carbocycles. The molecule has 0 bridgehead atoms. The minimum atomic E-state index is 0.587. The van der Waals surface area contributed by atoms with Crippen LogP contribution < -0.4 is 0 Å². The van der Waals surface area contributed by atoms with Crippen molar-refractivity contribution in [2.24, 2.45) is 0 Å². The lowest BCUT2D eigenvalue weighted by atomic mass is 9.98. The molecule has 0 N–H and O–H groups in total. The number of hydrogen-bond acceptors (Lipinski definition) is 2. The molecule has 0 spiro atoms. The second-order valence-electron chi connectivity index (χ2n) is 2.50. The summed E-state index contributed by atoms with van der Waals surface area (Å²) in [4.78, 5) is 8.00. The smallest absolute Gasteiger partial charge is 0.106 e. The van der Waals surface area contributed by atoms with Gasteiger partial charge in [-0.3, -0.25) is 0 Å². The van der Waals surface area contributed by atoms with Crippen LogP contribution in [-0.2, 0) is 9.53 Å². The molecule has 1 rings (SSSR count). The molecule has 2 nitrogen and oxygen atoms in total. The second kappa shape index (κ2) is 6.75. The first kappa shape index (κ1) is 9.63. The van der Waals surface area contributed by atoms with Gasteiger partial charge < -0.3 is 9.53 Å². The fourth-order valence-corrected chi connectivity index (χ4v) is 1.30. The Morgan fingerprint density at radius 2 is 1.70 bits per heavy atom. The number of hydrogen-bond donors (Lipinski definition) is 0. The lowest BCUT2D eigenvalue weighted by Crippen LogP contribution is -2.13. The molecule has 0 radical (unpaired) electrons. The van der Waals surface area contributed by atoms with E-state index in [2.05, 4.69) is 0 Å². The summed E-state index contributed by atoms with van der Waals surface area (Å²) < 4.78 is 5.19. The molecule has 0 amide bonds. The van der Waals surface area contributed by atoms with Crippen molar-refractivity contribution >= 4 is 6.79 Å². The van der Waals surface area contributed by atoms with Crippen molar-refractivity contribution in [1.29, 1.82) is 0 Å². The molecule has 1 saturated carbocycles. The Hall–Kier alpha value is -0.370. The van der Waals surface area contributed by atoms with E-state index in [0.29, 0.717) is 6.10 Å². The first-order valence-corrected chi connectivity index (χ1v) is 3.75. The number of ether oxygens (including phenoxy) is 1. The maximum absolute atomic E-state index is 8.00. The second-order valence-corrected chi connectivity index (χ2v) is 2.50.